The number of piperazine rings is 1. The third-order valence-electron chi connectivity index (χ3n) is 5.43. The summed E-state index contributed by atoms with van der Waals surface area (Å²) in [5.74, 6) is -0.0450. The normalized spacial score (nSPS) is 15.9. The average molecular weight is 419 g/mol. The molecule has 7 heteroatoms. The second kappa shape index (κ2) is 9.18. The summed E-state index contributed by atoms with van der Waals surface area (Å²) in [5.41, 5.74) is 4.17. The molecule has 0 radical (unpaired) electrons. The van der Waals surface area contributed by atoms with Gasteiger partial charge in [0, 0.05) is 38.4 Å². The molecule has 0 spiro atoms. The molecule has 1 amide bonds. The third kappa shape index (κ3) is 5.83. The van der Waals surface area contributed by atoms with Crippen LogP contribution in [0.1, 0.15) is 27.8 Å². The van der Waals surface area contributed by atoms with Crippen molar-refractivity contribution in [1.82, 2.24) is 9.80 Å². The van der Waals surface area contributed by atoms with Crippen molar-refractivity contribution in [3.63, 3.8) is 0 Å². The van der Waals surface area contributed by atoms with Crippen molar-refractivity contribution in [2.45, 2.75) is 33.5 Å². The van der Waals surface area contributed by atoms with E-state index in [0.717, 1.165) is 22.9 Å². The molecule has 1 fully saturated rings. The molecule has 0 bridgehead atoms. The predicted molar refractivity (Wildman–Crippen MR) is 112 cm³/mol. The largest absolute Gasteiger partial charge is 0.416 e. The van der Waals surface area contributed by atoms with Gasteiger partial charge in [-0.05, 0) is 43.5 Å². The van der Waals surface area contributed by atoms with E-state index in [1.165, 1.54) is 17.7 Å². The van der Waals surface area contributed by atoms with Gasteiger partial charge in [0.25, 0.3) is 0 Å². The van der Waals surface area contributed by atoms with E-state index >= 15 is 0 Å². The lowest BCUT2D eigenvalue weighted by atomic mass is 10.1. The van der Waals surface area contributed by atoms with Crippen LogP contribution in [0, 0.1) is 20.8 Å². The summed E-state index contributed by atoms with van der Waals surface area (Å²) < 4.78 is 38.7. The van der Waals surface area contributed by atoms with Gasteiger partial charge in [-0.3, -0.25) is 14.6 Å². The molecule has 0 aliphatic carbocycles. The summed E-state index contributed by atoms with van der Waals surface area (Å²) >= 11 is 0. The standard InChI is InChI=1S/C23H28F3N3O/c1-16-11-17(2)22(18(3)12-16)27-21(30)15-29-9-7-28(8-10-29)14-19-5-4-6-20(13-19)23(24,25)26/h4-6,11-13H,7-10,14-15H2,1-3H3,(H,27,30). The average Bonchev–Trinajstić information content (AvgIpc) is 2.66. The first-order chi connectivity index (χ1) is 14.1. The van der Waals surface area contributed by atoms with Gasteiger partial charge in [-0.1, -0.05) is 35.9 Å². The lowest BCUT2D eigenvalue weighted by Gasteiger charge is -2.34. The molecule has 1 heterocycles. The Morgan fingerprint density at radius 2 is 1.57 bits per heavy atom. The highest BCUT2D eigenvalue weighted by molar-refractivity contribution is 5.93. The molecule has 2 aromatic carbocycles. The van der Waals surface area contributed by atoms with Crippen molar-refractivity contribution in [2.24, 2.45) is 0 Å². The fraction of sp³-hybridized carbons (Fsp3) is 0.435. The Labute approximate surface area is 175 Å². The maximum absolute atomic E-state index is 12.9. The third-order valence-corrected chi connectivity index (χ3v) is 5.43. The number of benzene rings is 2. The van der Waals surface area contributed by atoms with E-state index in [1.54, 1.807) is 6.07 Å². The number of amides is 1. The molecule has 0 atom stereocenters. The van der Waals surface area contributed by atoms with E-state index in [9.17, 15) is 18.0 Å². The second-order valence-electron chi connectivity index (χ2n) is 8.07. The Hall–Kier alpha value is -2.38. The number of carbonyl (C=O) groups is 1. The first-order valence-electron chi connectivity index (χ1n) is 10.1. The summed E-state index contributed by atoms with van der Waals surface area (Å²) in [6.07, 6.45) is -4.32. The van der Waals surface area contributed by atoms with Crippen LogP contribution in [0.4, 0.5) is 18.9 Å². The Morgan fingerprint density at radius 3 is 2.17 bits per heavy atom. The molecule has 0 saturated carbocycles. The number of hydrogen-bond donors (Lipinski definition) is 1. The zero-order chi connectivity index (χ0) is 21.9. The maximum atomic E-state index is 12.9. The van der Waals surface area contributed by atoms with Gasteiger partial charge < -0.3 is 5.32 Å². The molecule has 1 aliphatic heterocycles. The smallest absolute Gasteiger partial charge is 0.324 e. The Bertz CT molecular complexity index is 880. The van der Waals surface area contributed by atoms with Gasteiger partial charge in [-0.25, -0.2) is 0 Å². The van der Waals surface area contributed by atoms with Gasteiger partial charge >= 0.3 is 6.18 Å². The first-order valence-corrected chi connectivity index (χ1v) is 10.1. The van der Waals surface area contributed by atoms with Gasteiger partial charge in [0.05, 0.1) is 12.1 Å². The lowest BCUT2D eigenvalue weighted by molar-refractivity contribution is -0.137. The fourth-order valence-corrected chi connectivity index (χ4v) is 3.97. The summed E-state index contributed by atoms with van der Waals surface area (Å²) in [7, 11) is 0. The SMILES string of the molecule is Cc1cc(C)c(NC(=O)CN2CCN(Cc3cccc(C(F)(F)F)c3)CC2)c(C)c1. The molecule has 1 N–H and O–H groups in total. The minimum Gasteiger partial charge on any atom is -0.324 e. The molecular weight excluding hydrogens is 391 g/mol. The molecule has 3 rings (SSSR count). The molecule has 0 unspecified atom stereocenters. The highest BCUT2D eigenvalue weighted by atomic mass is 19.4. The summed E-state index contributed by atoms with van der Waals surface area (Å²) in [6, 6.07) is 9.59. The molecule has 0 aromatic heterocycles. The van der Waals surface area contributed by atoms with Gasteiger partial charge in [-0.15, -0.1) is 0 Å². The predicted octanol–water partition coefficient (Wildman–Crippen LogP) is 4.39. The molecular formula is C23H28F3N3O. The number of nitrogens with zero attached hydrogens (tertiary/aromatic N) is 2. The molecule has 2 aromatic rings. The van der Waals surface area contributed by atoms with Crippen molar-refractivity contribution in [2.75, 3.05) is 38.0 Å². The topological polar surface area (TPSA) is 35.6 Å². The molecule has 4 nitrogen and oxygen atoms in total. The number of anilines is 1. The van der Waals surface area contributed by atoms with Crippen molar-refractivity contribution >= 4 is 11.6 Å². The number of aryl methyl sites for hydroxylation is 3. The Kier molecular flexibility index (Phi) is 6.83. The van der Waals surface area contributed by atoms with Gasteiger partial charge in [0.2, 0.25) is 5.91 Å². The van der Waals surface area contributed by atoms with Crippen LogP contribution in [0.25, 0.3) is 0 Å². The van der Waals surface area contributed by atoms with Crippen LogP contribution in [-0.4, -0.2) is 48.4 Å². The van der Waals surface area contributed by atoms with Crippen molar-refractivity contribution in [3.05, 3.63) is 64.2 Å². The zero-order valence-corrected chi connectivity index (χ0v) is 17.6. The van der Waals surface area contributed by atoms with Crippen molar-refractivity contribution < 1.29 is 18.0 Å². The van der Waals surface area contributed by atoms with E-state index in [0.29, 0.717) is 44.8 Å². The second-order valence-corrected chi connectivity index (χ2v) is 8.07. The number of rotatable bonds is 5. The number of hydrogen-bond acceptors (Lipinski definition) is 3. The highest BCUT2D eigenvalue weighted by Crippen LogP contribution is 2.29. The number of alkyl halides is 3. The van der Waals surface area contributed by atoms with Crippen LogP contribution in [-0.2, 0) is 17.5 Å². The fourth-order valence-electron chi connectivity index (χ4n) is 3.97. The quantitative estimate of drug-likeness (QED) is 0.781. The first kappa shape index (κ1) is 22.3. The molecule has 1 aliphatic rings. The number of nitrogens with one attached hydrogen (secondary N) is 1. The van der Waals surface area contributed by atoms with Crippen LogP contribution < -0.4 is 5.32 Å². The van der Waals surface area contributed by atoms with Crippen LogP contribution in [0.15, 0.2) is 36.4 Å². The molecule has 162 valence electrons. The Balaban J connectivity index is 1.50. The monoisotopic (exact) mass is 419 g/mol. The number of halogens is 3. The summed E-state index contributed by atoms with van der Waals surface area (Å²) in [4.78, 5) is 16.7. The minimum atomic E-state index is -4.32. The Morgan fingerprint density at radius 1 is 0.967 bits per heavy atom. The van der Waals surface area contributed by atoms with E-state index < -0.39 is 11.7 Å². The van der Waals surface area contributed by atoms with Crippen molar-refractivity contribution in [3.8, 4) is 0 Å². The maximum Gasteiger partial charge on any atom is 0.416 e. The van der Waals surface area contributed by atoms with E-state index in [-0.39, 0.29) is 5.91 Å². The molecule has 1 saturated heterocycles. The van der Waals surface area contributed by atoms with Crippen molar-refractivity contribution in [1.29, 1.82) is 0 Å². The van der Waals surface area contributed by atoms with Gasteiger partial charge in [-0.2, -0.15) is 13.2 Å². The van der Waals surface area contributed by atoms with Crippen LogP contribution in [0.2, 0.25) is 0 Å². The van der Waals surface area contributed by atoms with Crippen LogP contribution >= 0.6 is 0 Å². The van der Waals surface area contributed by atoms with Gasteiger partial charge in [0.15, 0.2) is 0 Å². The van der Waals surface area contributed by atoms with Gasteiger partial charge in [0.1, 0.15) is 0 Å². The summed E-state index contributed by atoms with van der Waals surface area (Å²) in [5, 5.41) is 3.02. The van der Waals surface area contributed by atoms with E-state index in [4.69, 9.17) is 0 Å². The lowest BCUT2D eigenvalue weighted by Crippen LogP contribution is -2.48. The van der Waals surface area contributed by atoms with E-state index in [2.05, 4.69) is 27.2 Å². The minimum absolute atomic E-state index is 0.0450. The zero-order valence-electron chi connectivity index (χ0n) is 17.6. The summed E-state index contributed by atoms with van der Waals surface area (Å²) in [6.45, 7) is 9.64. The van der Waals surface area contributed by atoms with Crippen LogP contribution in [0.3, 0.4) is 0 Å². The van der Waals surface area contributed by atoms with Crippen LogP contribution in [0.5, 0.6) is 0 Å². The molecule has 30 heavy (non-hydrogen) atoms. The highest BCUT2D eigenvalue weighted by Gasteiger charge is 2.30. The van der Waals surface area contributed by atoms with E-state index in [1.807, 2.05) is 20.8 Å². The number of carbonyl (C=O) groups excluding carboxylic acids is 1.